The van der Waals surface area contributed by atoms with Crippen molar-refractivity contribution >= 4 is 50.8 Å². The number of hydrazine groups is 1. The molecular weight excluding hydrogens is 384 g/mol. The molecule has 4 nitrogen and oxygen atoms in total. The van der Waals surface area contributed by atoms with E-state index in [-0.39, 0.29) is 11.8 Å². The van der Waals surface area contributed by atoms with Gasteiger partial charge in [0.05, 0.1) is 14.4 Å². The maximum Gasteiger partial charge on any atom is 0.279 e. The maximum absolute atomic E-state index is 11.7. The number of halogens is 1. The Morgan fingerprint density at radius 1 is 1.14 bits per heavy atom. The predicted octanol–water partition coefficient (Wildman–Crippen LogP) is 3.51. The van der Waals surface area contributed by atoms with E-state index >= 15 is 0 Å². The van der Waals surface area contributed by atoms with Gasteiger partial charge >= 0.3 is 0 Å². The number of thiophene rings is 1. The summed E-state index contributed by atoms with van der Waals surface area (Å²) in [4.78, 5) is 24.0. The van der Waals surface area contributed by atoms with Crippen LogP contribution in [0.3, 0.4) is 0 Å². The molecule has 116 valence electrons. The fraction of sp³-hybridized carbons (Fsp3) is 0.200. The van der Waals surface area contributed by atoms with Crippen LogP contribution in [0, 0.1) is 6.92 Å². The molecule has 0 spiro atoms. The molecule has 0 aliphatic heterocycles. The Morgan fingerprint density at radius 2 is 1.86 bits per heavy atom. The summed E-state index contributed by atoms with van der Waals surface area (Å²) in [5, 5.41) is 0. The number of nitrogens with one attached hydrogen (secondary N) is 2. The molecule has 0 atom stereocenters. The molecular formula is C15H15BrN2O2S2. The van der Waals surface area contributed by atoms with Crippen molar-refractivity contribution in [2.24, 2.45) is 0 Å². The minimum absolute atomic E-state index is 0.221. The number of amides is 2. The van der Waals surface area contributed by atoms with Crippen molar-refractivity contribution in [3.63, 3.8) is 0 Å². The Bertz CT molecular complexity index is 656. The Morgan fingerprint density at radius 3 is 2.50 bits per heavy atom. The highest BCUT2D eigenvalue weighted by molar-refractivity contribution is 9.11. The van der Waals surface area contributed by atoms with Crippen molar-refractivity contribution in [2.45, 2.75) is 12.7 Å². The molecule has 2 rings (SSSR count). The Balaban J connectivity index is 1.67. The molecule has 0 bridgehead atoms. The summed E-state index contributed by atoms with van der Waals surface area (Å²) in [6.45, 7) is 2.04. The number of benzene rings is 1. The van der Waals surface area contributed by atoms with Crippen molar-refractivity contribution in [1.29, 1.82) is 0 Å². The molecule has 0 saturated carbocycles. The molecule has 1 heterocycles. The van der Waals surface area contributed by atoms with Gasteiger partial charge in [-0.15, -0.1) is 23.1 Å². The molecule has 22 heavy (non-hydrogen) atoms. The quantitative estimate of drug-likeness (QED) is 0.757. The molecule has 2 aromatic rings. The Labute approximate surface area is 145 Å². The van der Waals surface area contributed by atoms with E-state index in [1.807, 2.05) is 6.92 Å². The summed E-state index contributed by atoms with van der Waals surface area (Å²) < 4.78 is 0.873. The summed E-state index contributed by atoms with van der Waals surface area (Å²) in [7, 11) is 0. The molecule has 2 N–H and O–H groups in total. The van der Waals surface area contributed by atoms with E-state index in [1.54, 1.807) is 12.1 Å². The van der Waals surface area contributed by atoms with Crippen LogP contribution in [0.2, 0.25) is 0 Å². The molecule has 1 aromatic carbocycles. The predicted molar refractivity (Wildman–Crippen MR) is 95.0 cm³/mol. The van der Waals surface area contributed by atoms with Crippen LogP contribution in [0.15, 0.2) is 40.2 Å². The first-order chi connectivity index (χ1) is 10.5. The van der Waals surface area contributed by atoms with E-state index in [4.69, 9.17) is 0 Å². The lowest BCUT2D eigenvalue weighted by Gasteiger charge is -2.06. The second-order valence-electron chi connectivity index (χ2n) is 4.58. The fourth-order valence-corrected chi connectivity index (χ4v) is 3.68. The van der Waals surface area contributed by atoms with Gasteiger partial charge in [0.25, 0.3) is 5.91 Å². The zero-order valence-corrected chi connectivity index (χ0v) is 15.1. The lowest BCUT2D eigenvalue weighted by Crippen LogP contribution is -2.42. The zero-order chi connectivity index (χ0) is 15.9. The van der Waals surface area contributed by atoms with Crippen LogP contribution < -0.4 is 10.9 Å². The fourth-order valence-electron chi connectivity index (χ4n) is 1.61. The van der Waals surface area contributed by atoms with Crippen molar-refractivity contribution in [1.82, 2.24) is 10.9 Å². The first-order valence-corrected chi connectivity index (χ1v) is 9.29. The van der Waals surface area contributed by atoms with E-state index in [0.717, 1.165) is 9.54 Å². The third-order valence-corrected chi connectivity index (χ3v) is 5.36. The molecule has 2 amide bonds. The van der Waals surface area contributed by atoms with Crippen LogP contribution in [0.25, 0.3) is 0 Å². The third-order valence-electron chi connectivity index (χ3n) is 2.73. The average molecular weight is 399 g/mol. The van der Waals surface area contributed by atoms with Gasteiger partial charge in [-0.2, -0.15) is 0 Å². The van der Waals surface area contributed by atoms with Gasteiger partial charge < -0.3 is 0 Å². The number of aryl methyl sites for hydroxylation is 1. The summed E-state index contributed by atoms with van der Waals surface area (Å²) in [5.74, 6) is 0.524. The minimum Gasteiger partial charge on any atom is -0.272 e. The van der Waals surface area contributed by atoms with Crippen LogP contribution in [-0.2, 0) is 10.5 Å². The lowest BCUT2D eigenvalue weighted by atomic mass is 10.2. The van der Waals surface area contributed by atoms with Crippen LogP contribution in [0.1, 0.15) is 20.8 Å². The highest BCUT2D eigenvalue weighted by atomic mass is 79.9. The third kappa shape index (κ3) is 5.47. The van der Waals surface area contributed by atoms with Crippen LogP contribution in [-0.4, -0.2) is 17.6 Å². The van der Waals surface area contributed by atoms with Crippen molar-refractivity contribution in [2.75, 3.05) is 5.75 Å². The monoisotopic (exact) mass is 398 g/mol. The first-order valence-electron chi connectivity index (χ1n) is 6.52. The smallest absolute Gasteiger partial charge is 0.272 e. The topological polar surface area (TPSA) is 58.2 Å². The zero-order valence-electron chi connectivity index (χ0n) is 11.9. The van der Waals surface area contributed by atoms with Crippen LogP contribution >= 0.6 is 39.0 Å². The highest BCUT2D eigenvalue weighted by Crippen LogP contribution is 2.21. The van der Waals surface area contributed by atoms with Gasteiger partial charge in [0, 0.05) is 5.75 Å². The average Bonchev–Trinajstić information content (AvgIpc) is 2.93. The maximum atomic E-state index is 11.7. The Kier molecular flexibility index (Phi) is 6.48. The van der Waals surface area contributed by atoms with Gasteiger partial charge in [0.1, 0.15) is 0 Å². The van der Waals surface area contributed by atoms with E-state index in [2.05, 4.69) is 51.0 Å². The summed E-state index contributed by atoms with van der Waals surface area (Å²) >= 11 is 6.10. The summed E-state index contributed by atoms with van der Waals surface area (Å²) in [6.07, 6.45) is 0. The Hall–Kier alpha value is -1.31. The molecule has 0 aliphatic carbocycles. The van der Waals surface area contributed by atoms with E-state index in [0.29, 0.717) is 10.6 Å². The van der Waals surface area contributed by atoms with Gasteiger partial charge in [0.2, 0.25) is 5.91 Å². The van der Waals surface area contributed by atoms with Gasteiger partial charge in [-0.25, -0.2) is 0 Å². The van der Waals surface area contributed by atoms with E-state index < -0.39 is 0 Å². The largest absolute Gasteiger partial charge is 0.279 e. The van der Waals surface area contributed by atoms with Crippen LogP contribution in [0.5, 0.6) is 0 Å². The molecule has 0 aliphatic rings. The summed E-state index contributed by atoms with van der Waals surface area (Å²) in [5.41, 5.74) is 7.22. The SMILES string of the molecule is Cc1ccc(CSCC(=O)NNC(=O)c2ccc(Br)s2)cc1. The van der Waals surface area contributed by atoms with Crippen molar-refractivity contribution in [3.05, 3.63) is 56.2 Å². The number of hydrogen-bond acceptors (Lipinski definition) is 4. The molecule has 1 aromatic heterocycles. The molecule has 0 radical (unpaired) electrons. The number of carbonyl (C=O) groups excluding carboxylic acids is 2. The van der Waals surface area contributed by atoms with Crippen LogP contribution in [0.4, 0.5) is 0 Å². The van der Waals surface area contributed by atoms with Gasteiger partial charge in [-0.1, -0.05) is 29.8 Å². The molecule has 7 heteroatoms. The first kappa shape index (κ1) is 17.1. The minimum atomic E-state index is -0.312. The van der Waals surface area contributed by atoms with Gasteiger partial charge in [-0.05, 0) is 40.5 Å². The summed E-state index contributed by atoms with van der Waals surface area (Å²) in [6, 6.07) is 11.7. The number of rotatable bonds is 5. The van der Waals surface area contributed by atoms with Gasteiger partial charge in [0.15, 0.2) is 0 Å². The lowest BCUT2D eigenvalue weighted by molar-refractivity contribution is -0.119. The molecule has 0 fully saturated rings. The van der Waals surface area contributed by atoms with Crippen molar-refractivity contribution in [3.8, 4) is 0 Å². The molecule has 0 unspecified atom stereocenters. The number of hydrogen-bond donors (Lipinski definition) is 2. The van der Waals surface area contributed by atoms with Gasteiger partial charge in [-0.3, -0.25) is 20.4 Å². The standard InChI is InChI=1S/C15H15BrN2O2S2/c1-10-2-4-11(5-3-10)8-21-9-14(19)17-18-15(20)12-6-7-13(16)22-12/h2-7H,8-9H2,1H3,(H,17,19)(H,18,20). The second-order valence-corrected chi connectivity index (χ2v) is 8.03. The number of carbonyl (C=O) groups is 2. The normalized spacial score (nSPS) is 10.3. The number of thioether (sulfide) groups is 1. The van der Waals surface area contributed by atoms with E-state index in [9.17, 15) is 9.59 Å². The van der Waals surface area contributed by atoms with Crippen molar-refractivity contribution < 1.29 is 9.59 Å². The highest BCUT2D eigenvalue weighted by Gasteiger charge is 2.09. The molecule has 0 saturated heterocycles. The second kappa shape index (κ2) is 8.36. The van der Waals surface area contributed by atoms with E-state index in [1.165, 1.54) is 34.2 Å².